The molecule has 188 valence electrons. The lowest BCUT2D eigenvalue weighted by atomic mass is 10.1. The maximum atomic E-state index is 6.70. The van der Waals surface area contributed by atoms with Crippen molar-refractivity contribution in [3.63, 3.8) is 0 Å². The lowest BCUT2D eigenvalue weighted by molar-refractivity contribution is 0.620. The Morgan fingerprint density at radius 3 is 2.33 bits per heavy atom. The van der Waals surface area contributed by atoms with E-state index < -0.39 is 0 Å². The molecule has 9 rings (SSSR count). The molecule has 6 aromatic carbocycles. The van der Waals surface area contributed by atoms with E-state index in [1.165, 1.54) is 37.3 Å². The highest BCUT2D eigenvalue weighted by Crippen LogP contribution is 2.43. The predicted octanol–water partition coefficient (Wildman–Crippen LogP) is 10.8. The topological polar surface area (TPSA) is 31.0 Å². The fraction of sp³-hybridized carbons (Fsp3) is 0. The van der Waals surface area contributed by atoms with Crippen molar-refractivity contribution in [2.45, 2.75) is 0 Å². The van der Waals surface area contributed by atoms with Crippen molar-refractivity contribution in [3.8, 4) is 17.1 Å². The highest BCUT2D eigenvalue weighted by atomic mass is 35.5. The van der Waals surface area contributed by atoms with Gasteiger partial charge < -0.3 is 8.98 Å². The summed E-state index contributed by atoms with van der Waals surface area (Å²) in [7, 11) is 0. The second kappa shape index (κ2) is 8.18. The minimum Gasteiger partial charge on any atom is -0.436 e. The van der Waals surface area contributed by atoms with Gasteiger partial charge in [-0.25, -0.2) is 4.98 Å². The number of para-hydroxylation sites is 1. The summed E-state index contributed by atoms with van der Waals surface area (Å²) in [5.74, 6) is 0.591. The minimum absolute atomic E-state index is 0.591. The van der Waals surface area contributed by atoms with E-state index in [1.807, 2.05) is 6.07 Å². The number of nitrogens with zero attached hydrogens (tertiary/aromatic N) is 2. The molecule has 0 aliphatic heterocycles. The third-order valence-corrected chi connectivity index (χ3v) is 9.51. The van der Waals surface area contributed by atoms with Gasteiger partial charge in [0.1, 0.15) is 5.52 Å². The van der Waals surface area contributed by atoms with Crippen molar-refractivity contribution in [2.24, 2.45) is 0 Å². The Hall–Kier alpha value is -4.64. The number of oxazole rings is 1. The van der Waals surface area contributed by atoms with Gasteiger partial charge in [0.05, 0.1) is 20.8 Å². The molecule has 0 N–H and O–H groups in total. The number of rotatable bonds is 2. The van der Waals surface area contributed by atoms with Crippen molar-refractivity contribution in [1.82, 2.24) is 9.55 Å². The van der Waals surface area contributed by atoms with Crippen LogP contribution >= 0.6 is 22.9 Å². The van der Waals surface area contributed by atoms with Crippen LogP contribution < -0.4 is 0 Å². The maximum absolute atomic E-state index is 6.70. The van der Waals surface area contributed by atoms with Gasteiger partial charge in [0.25, 0.3) is 0 Å². The minimum atomic E-state index is 0.591. The van der Waals surface area contributed by atoms with E-state index in [0.717, 1.165) is 32.2 Å². The summed E-state index contributed by atoms with van der Waals surface area (Å²) in [6, 6.07) is 40.4. The molecule has 0 saturated carbocycles. The first kappa shape index (κ1) is 22.2. The second-order valence-corrected chi connectivity index (χ2v) is 11.6. The van der Waals surface area contributed by atoms with E-state index in [2.05, 4.69) is 114 Å². The summed E-state index contributed by atoms with van der Waals surface area (Å²) in [6.07, 6.45) is 0. The zero-order valence-corrected chi connectivity index (χ0v) is 22.6. The van der Waals surface area contributed by atoms with Crippen LogP contribution in [0.4, 0.5) is 0 Å². The third kappa shape index (κ3) is 3.03. The molecule has 40 heavy (non-hydrogen) atoms. The van der Waals surface area contributed by atoms with E-state index in [4.69, 9.17) is 21.0 Å². The number of halogens is 1. The molecule has 0 bridgehead atoms. The molecule has 0 fully saturated rings. The average Bonchev–Trinajstić information content (AvgIpc) is 3.69. The Balaban J connectivity index is 1.24. The van der Waals surface area contributed by atoms with Gasteiger partial charge in [-0.15, -0.1) is 11.3 Å². The summed E-state index contributed by atoms with van der Waals surface area (Å²) in [5, 5.41) is 7.88. The molecule has 3 nitrogen and oxygen atoms in total. The molecular formula is C35H19ClN2OS. The van der Waals surface area contributed by atoms with Gasteiger partial charge in [-0.1, -0.05) is 84.4 Å². The van der Waals surface area contributed by atoms with Gasteiger partial charge in [-0.2, -0.15) is 0 Å². The van der Waals surface area contributed by atoms with Crippen molar-refractivity contribution >= 4 is 86.8 Å². The Kier molecular flexibility index (Phi) is 4.54. The van der Waals surface area contributed by atoms with Gasteiger partial charge in [-0.05, 0) is 41.8 Å². The first-order chi connectivity index (χ1) is 19.7. The first-order valence-electron chi connectivity index (χ1n) is 13.2. The summed E-state index contributed by atoms with van der Waals surface area (Å²) < 4.78 is 10.9. The van der Waals surface area contributed by atoms with Crippen LogP contribution in [-0.2, 0) is 0 Å². The Morgan fingerprint density at radius 1 is 0.700 bits per heavy atom. The number of hydrogen-bond donors (Lipinski definition) is 0. The van der Waals surface area contributed by atoms with Gasteiger partial charge in [0, 0.05) is 48.9 Å². The van der Waals surface area contributed by atoms with Gasteiger partial charge >= 0.3 is 0 Å². The van der Waals surface area contributed by atoms with Crippen LogP contribution in [0.3, 0.4) is 0 Å². The summed E-state index contributed by atoms with van der Waals surface area (Å²) in [5.41, 5.74) is 5.98. The Bertz CT molecular complexity index is 2450. The quantitative estimate of drug-likeness (QED) is 0.214. The monoisotopic (exact) mass is 550 g/mol. The molecular weight excluding hydrogens is 532 g/mol. The third-order valence-electron chi connectivity index (χ3n) is 7.89. The molecule has 0 atom stereocenters. The smallest absolute Gasteiger partial charge is 0.227 e. The first-order valence-corrected chi connectivity index (χ1v) is 14.4. The molecule has 0 aliphatic carbocycles. The van der Waals surface area contributed by atoms with Crippen molar-refractivity contribution < 1.29 is 4.42 Å². The van der Waals surface area contributed by atoms with Crippen molar-refractivity contribution in [3.05, 3.63) is 120 Å². The van der Waals surface area contributed by atoms with Gasteiger partial charge in [0.15, 0.2) is 5.58 Å². The molecule has 3 heterocycles. The van der Waals surface area contributed by atoms with Crippen molar-refractivity contribution in [2.75, 3.05) is 0 Å². The number of thiophene rings is 1. The molecule has 0 amide bonds. The van der Waals surface area contributed by atoms with E-state index in [0.29, 0.717) is 16.5 Å². The van der Waals surface area contributed by atoms with Crippen LogP contribution in [0.25, 0.3) is 81.0 Å². The maximum Gasteiger partial charge on any atom is 0.227 e. The summed E-state index contributed by atoms with van der Waals surface area (Å²) in [6.45, 7) is 0. The number of fused-ring (bicyclic) bond motifs is 10. The van der Waals surface area contributed by atoms with Crippen LogP contribution in [0, 0.1) is 0 Å². The Labute approximate surface area is 237 Å². The number of benzene rings is 6. The molecule has 0 radical (unpaired) electrons. The van der Waals surface area contributed by atoms with Gasteiger partial charge in [-0.3, -0.25) is 0 Å². The molecule has 0 spiro atoms. The number of hydrogen-bond acceptors (Lipinski definition) is 3. The molecule has 9 aromatic rings. The van der Waals surface area contributed by atoms with Crippen LogP contribution in [0.2, 0.25) is 5.02 Å². The van der Waals surface area contributed by atoms with Crippen LogP contribution in [0.1, 0.15) is 0 Å². The number of aromatic nitrogens is 2. The Morgan fingerprint density at radius 2 is 1.45 bits per heavy atom. The van der Waals surface area contributed by atoms with E-state index in [-0.39, 0.29) is 0 Å². The normalized spacial score (nSPS) is 12.1. The second-order valence-electron chi connectivity index (χ2n) is 10.1. The lowest BCUT2D eigenvalue weighted by Crippen LogP contribution is -1.94. The molecule has 0 aliphatic rings. The fourth-order valence-corrected chi connectivity index (χ4v) is 7.53. The molecule has 0 saturated heterocycles. The SMILES string of the molecule is Clc1cc2oc(-c3ccc(-n4c5ccccc5c5ccc6ccccc6c54)cc3)nc2c2c1sc1ccccc12. The largest absolute Gasteiger partial charge is 0.436 e. The molecule has 5 heteroatoms. The van der Waals surface area contributed by atoms with Crippen LogP contribution in [-0.4, -0.2) is 9.55 Å². The summed E-state index contributed by atoms with van der Waals surface area (Å²) >= 11 is 8.39. The average molecular weight is 551 g/mol. The zero-order valence-electron chi connectivity index (χ0n) is 21.1. The van der Waals surface area contributed by atoms with Crippen LogP contribution in [0.15, 0.2) is 120 Å². The van der Waals surface area contributed by atoms with E-state index in [9.17, 15) is 0 Å². The standard InChI is InChI=1S/C35H19ClN2OS/c36-27-19-29-32(31-26-10-4-6-12-30(26)40-34(27)31)37-35(39-29)21-13-16-22(17-14-21)38-28-11-5-3-9-24(28)25-18-15-20-7-1-2-8-23(20)33(25)38/h1-19H. The zero-order chi connectivity index (χ0) is 26.4. The van der Waals surface area contributed by atoms with E-state index in [1.54, 1.807) is 11.3 Å². The van der Waals surface area contributed by atoms with Crippen molar-refractivity contribution in [1.29, 1.82) is 0 Å². The highest BCUT2D eigenvalue weighted by Gasteiger charge is 2.19. The molecule has 3 aromatic heterocycles. The fourth-order valence-electron chi connectivity index (χ4n) is 6.11. The van der Waals surface area contributed by atoms with Crippen LogP contribution in [0.5, 0.6) is 0 Å². The highest BCUT2D eigenvalue weighted by molar-refractivity contribution is 7.26. The van der Waals surface area contributed by atoms with Gasteiger partial charge in [0.2, 0.25) is 5.89 Å². The summed E-state index contributed by atoms with van der Waals surface area (Å²) in [4.78, 5) is 4.98. The predicted molar refractivity (Wildman–Crippen MR) is 169 cm³/mol. The van der Waals surface area contributed by atoms with E-state index >= 15 is 0 Å². The lowest BCUT2D eigenvalue weighted by Gasteiger charge is -2.10. The molecule has 0 unspecified atom stereocenters.